The zero-order valence-electron chi connectivity index (χ0n) is 20.8. The standard InChI is InChI=1S/C29H34BrN5O/c30-23-6-3-7-25-27(23)28(36)32-29-34(22-4-1-2-5-22)26-18-20(8-9-24(26)35(25)29)19-12-16-33(17-13-19)21-10-14-31-15-11-21/h3,6-9,18-19,21-22,31H,1-2,4-5,10-17H2. The van der Waals surface area contributed by atoms with Crippen molar-refractivity contribution in [2.45, 2.75) is 69.4 Å². The fourth-order valence-electron chi connectivity index (χ4n) is 7.19. The smallest absolute Gasteiger partial charge is 0.283 e. The molecular weight excluding hydrogens is 514 g/mol. The average Bonchev–Trinajstić information content (AvgIpc) is 3.55. The minimum atomic E-state index is -0.148. The van der Waals surface area contributed by atoms with E-state index < -0.39 is 0 Å². The number of aromatic nitrogens is 3. The van der Waals surface area contributed by atoms with Gasteiger partial charge in [-0.05, 0) is 116 Å². The second-order valence-corrected chi connectivity index (χ2v) is 11.9. The molecule has 1 saturated carbocycles. The summed E-state index contributed by atoms with van der Waals surface area (Å²) in [6.07, 6.45) is 9.83. The Hall–Kier alpha value is -2.22. The van der Waals surface area contributed by atoms with Crippen LogP contribution in [-0.2, 0) is 0 Å². The summed E-state index contributed by atoms with van der Waals surface area (Å²) in [5, 5.41) is 4.17. The highest BCUT2D eigenvalue weighted by atomic mass is 79.9. The molecule has 2 aliphatic heterocycles. The predicted octanol–water partition coefficient (Wildman–Crippen LogP) is 5.61. The molecule has 1 N–H and O–H groups in total. The van der Waals surface area contributed by atoms with E-state index in [1.807, 2.05) is 12.1 Å². The molecule has 2 aromatic heterocycles. The van der Waals surface area contributed by atoms with E-state index in [0.29, 0.717) is 17.3 Å². The van der Waals surface area contributed by atoms with Crippen molar-refractivity contribution >= 4 is 43.6 Å². The molecule has 188 valence electrons. The highest BCUT2D eigenvalue weighted by Gasteiger charge is 2.29. The average molecular weight is 549 g/mol. The van der Waals surface area contributed by atoms with Crippen molar-refractivity contribution in [2.24, 2.45) is 0 Å². The van der Waals surface area contributed by atoms with Crippen LogP contribution in [-0.4, -0.2) is 51.1 Å². The van der Waals surface area contributed by atoms with E-state index in [1.165, 1.54) is 62.7 Å². The highest BCUT2D eigenvalue weighted by molar-refractivity contribution is 9.10. The van der Waals surface area contributed by atoms with E-state index in [1.54, 1.807) is 0 Å². The number of likely N-dealkylation sites (tertiary alicyclic amines) is 1. The van der Waals surface area contributed by atoms with E-state index in [2.05, 4.69) is 64.4 Å². The van der Waals surface area contributed by atoms with Gasteiger partial charge in [0, 0.05) is 16.6 Å². The normalized spacial score (nSPS) is 21.4. The molecule has 3 aliphatic rings. The second-order valence-electron chi connectivity index (χ2n) is 11.0. The van der Waals surface area contributed by atoms with E-state index in [-0.39, 0.29) is 5.56 Å². The van der Waals surface area contributed by atoms with Crippen LogP contribution in [0.2, 0.25) is 0 Å². The summed E-state index contributed by atoms with van der Waals surface area (Å²) in [6.45, 7) is 4.73. The van der Waals surface area contributed by atoms with Gasteiger partial charge in [0.15, 0.2) is 0 Å². The minimum Gasteiger partial charge on any atom is -0.317 e. The third-order valence-corrected chi connectivity index (χ3v) is 9.74. The third kappa shape index (κ3) is 3.74. The SMILES string of the molecule is O=c1nc2n(C3CCCC3)c3cc(C4CCN(C5CCNCC5)CC4)ccc3n2c2cccc(Br)c12. The number of nitrogens with one attached hydrogen (secondary N) is 1. The number of nitrogens with zero attached hydrogens (tertiary/aromatic N) is 4. The molecule has 0 spiro atoms. The van der Waals surface area contributed by atoms with Gasteiger partial charge < -0.3 is 14.8 Å². The zero-order valence-corrected chi connectivity index (χ0v) is 22.3. The maximum Gasteiger partial charge on any atom is 0.283 e. The molecule has 36 heavy (non-hydrogen) atoms. The molecule has 7 heteroatoms. The number of rotatable bonds is 3. The lowest BCUT2D eigenvalue weighted by Crippen LogP contribution is -2.46. The summed E-state index contributed by atoms with van der Waals surface area (Å²) in [5.74, 6) is 1.40. The van der Waals surface area contributed by atoms with Gasteiger partial charge >= 0.3 is 0 Å². The Morgan fingerprint density at radius 3 is 2.42 bits per heavy atom. The Labute approximate surface area is 219 Å². The number of halogens is 1. The van der Waals surface area contributed by atoms with Gasteiger partial charge in [-0.3, -0.25) is 9.20 Å². The summed E-state index contributed by atoms with van der Waals surface area (Å²) in [7, 11) is 0. The lowest BCUT2D eigenvalue weighted by molar-refractivity contribution is 0.127. The minimum absolute atomic E-state index is 0.148. The second kappa shape index (κ2) is 9.26. The van der Waals surface area contributed by atoms with Crippen molar-refractivity contribution in [2.75, 3.05) is 26.2 Å². The van der Waals surface area contributed by atoms with Crippen molar-refractivity contribution in [1.82, 2.24) is 24.2 Å². The molecule has 0 radical (unpaired) electrons. The maximum absolute atomic E-state index is 13.2. The summed E-state index contributed by atoms with van der Waals surface area (Å²) >= 11 is 3.60. The molecule has 0 unspecified atom stereocenters. The van der Waals surface area contributed by atoms with Crippen LogP contribution in [0.15, 0.2) is 45.7 Å². The third-order valence-electron chi connectivity index (χ3n) is 9.08. The zero-order chi connectivity index (χ0) is 24.2. The molecule has 4 aromatic rings. The summed E-state index contributed by atoms with van der Waals surface area (Å²) in [6, 6.07) is 14.2. The number of imidazole rings is 1. The van der Waals surface area contributed by atoms with Gasteiger partial charge in [-0.1, -0.05) is 25.0 Å². The first-order valence-corrected chi connectivity index (χ1v) is 14.6. The number of hydrogen-bond donors (Lipinski definition) is 1. The molecule has 1 aliphatic carbocycles. The maximum atomic E-state index is 13.2. The highest BCUT2D eigenvalue weighted by Crippen LogP contribution is 2.38. The van der Waals surface area contributed by atoms with Crippen molar-refractivity contribution < 1.29 is 0 Å². The molecule has 0 bridgehead atoms. The monoisotopic (exact) mass is 547 g/mol. The Kier molecular flexibility index (Phi) is 5.90. The Bertz CT molecular complexity index is 1490. The molecule has 3 fully saturated rings. The first-order chi connectivity index (χ1) is 17.7. The topological polar surface area (TPSA) is 54.6 Å². The summed E-state index contributed by atoms with van der Waals surface area (Å²) in [4.78, 5) is 20.6. The first kappa shape index (κ1) is 22.9. The van der Waals surface area contributed by atoms with Gasteiger partial charge in [0.1, 0.15) is 0 Å². The largest absolute Gasteiger partial charge is 0.317 e. The molecule has 2 aromatic carbocycles. The Morgan fingerprint density at radius 2 is 1.64 bits per heavy atom. The van der Waals surface area contributed by atoms with E-state index in [0.717, 1.165) is 53.3 Å². The van der Waals surface area contributed by atoms with Crippen LogP contribution in [0, 0.1) is 0 Å². The van der Waals surface area contributed by atoms with Crippen LogP contribution in [0.4, 0.5) is 0 Å². The molecular formula is C29H34BrN5O. The van der Waals surface area contributed by atoms with Gasteiger partial charge in [0.25, 0.3) is 5.56 Å². The van der Waals surface area contributed by atoms with Gasteiger partial charge in [0.05, 0.1) is 21.9 Å². The first-order valence-electron chi connectivity index (χ1n) is 13.8. The summed E-state index contributed by atoms with van der Waals surface area (Å²) in [5.41, 5.74) is 4.63. The molecule has 4 heterocycles. The number of piperidine rings is 2. The van der Waals surface area contributed by atoms with Crippen molar-refractivity contribution in [3.63, 3.8) is 0 Å². The number of benzene rings is 2. The van der Waals surface area contributed by atoms with Crippen molar-refractivity contribution in [3.05, 3.63) is 56.8 Å². The quantitative estimate of drug-likeness (QED) is 0.362. The van der Waals surface area contributed by atoms with Gasteiger partial charge in [0.2, 0.25) is 5.78 Å². The molecule has 0 amide bonds. The van der Waals surface area contributed by atoms with Crippen LogP contribution < -0.4 is 10.9 Å². The van der Waals surface area contributed by atoms with Crippen molar-refractivity contribution in [1.29, 1.82) is 0 Å². The van der Waals surface area contributed by atoms with Crippen LogP contribution in [0.1, 0.15) is 68.9 Å². The molecule has 7 rings (SSSR count). The van der Waals surface area contributed by atoms with Crippen LogP contribution >= 0.6 is 15.9 Å². The Balaban J connectivity index is 1.33. The molecule has 6 nitrogen and oxygen atoms in total. The van der Waals surface area contributed by atoms with Crippen LogP contribution in [0.3, 0.4) is 0 Å². The fraction of sp³-hybridized carbons (Fsp3) is 0.517. The summed E-state index contributed by atoms with van der Waals surface area (Å²) < 4.78 is 5.43. The lowest BCUT2D eigenvalue weighted by Gasteiger charge is -2.39. The fourth-order valence-corrected chi connectivity index (χ4v) is 7.72. The van der Waals surface area contributed by atoms with Crippen LogP contribution in [0.25, 0.3) is 27.7 Å². The van der Waals surface area contributed by atoms with E-state index >= 15 is 0 Å². The predicted molar refractivity (Wildman–Crippen MR) is 149 cm³/mol. The Morgan fingerprint density at radius 1 is 0.861 bits per heavy atom. The number of fused-ring (bicyclic) bond motifs is 5. The van der Waals surface area contributed by atoms with Crippen molar-refractivity contribution in [3.8, 4) is 0 Å². The number of hydrogen-bond acceptors (Lipinski definition) is 4. The van der Waals surface area contributed by atoms with E-state index in [4.69, 9.17) is 0 Å². The lowest BCUT2D eigenvalue weighted by atomic mass is 9.88. The molecule has 2 saturated heterocycles. The molecule has 0 atom stereocenters. The van der Waals surface area contributed by atoms with E-state index in [9.17, 15) is 4.79 Å². The van der Waals surface area contributed by atoms with Crippen LogP contribution in [0.5, 0.6) is 0 Å². The van der Waals surface area contributed by atoms with Gasteiger partial charge in [-0.15, -0.1) is 0 Å². The van der Waals surface area contributed by atoms with Gasteiger partial charge in [-0.2, -0.15) is 4.98 Å². The van der Waals surface area contributed by atoms with Gasteiger partial charge in [-0.25, -0.2) is 0 Å².